The molecule has 4 nitrogen and oxygen atoms in total. The first kappa shape index (κ1) is 17.5. The summed E-state index contributed by atoms with van der Waals surface area (Å²) in [4.78, 5) is 24.2. The van der Waals surface area contributed by atoms with Crippen LogP contribution in [0.4, 0.5) is 18.9 Å². The van der Waals surface area contributed by atoms with Crippen molar-refractivity contribution < 1.29 is 22.8 Å². The van der Waals surface area contributed by atoms with Crippen molar-refractivity contribution in [1.29, 1.82) is 0 Å². The summed E-state index contributed by atoms with van der Waals surface area (Å²) in [6, 6.07) is 7.24. The largest absolute Gasteiger partial charge is 0.350 e. The van der Waals surface area contributed by atoms with Gasteiger partial charge in [0.2, 0.25) is 0 Å². The van der Waals surface area contributed by atoms with Crippen molar-refractivity contribution in [2.75, 3.05) is 5.32 Å². The Morgan fingerprint density at radius 3 is 2.12 bits per heavy atom. The van der Waals surface area contributed by atoms with Crippen LogP contribution in [0.15, 0.2) is 36.4 Å². The van der Waals surface area contributed by atoms with Crippen molar-refractivity contribution in [3.63, 3.8) is 0 Å². The van der Waals surface area contributed by atoms with Gasteiger partial charge in [0.15, 0.2) is 17.5 Å². The molecule has 2 aromatic carbocycles. The normalized spacial score (nSPS) is 10.6. The molecule has 0 saturated heterocycles. The SMILES string of the molecule is CC(C)NC(=O)c1ccccc1NC(=O)c1cc(F)c(F)c(F)c1. The smallest absolute Gasteiger partial charge is 0.255 e. The van der Waals surface area contributed by atoms with Crippen LogP contribution in [0.3, 0.4) is 0 Å². The third kappa shape index (κ3) is 3.92. The molecule has 0 aromatic heterocycles. The minimum atomic E-state index is -1.65. The van der Waals surface area contributed by atoms with Crippen LogP contribution in [0, 0.1) is 17.5 Å². The molecule has 0 heterocycles. The number of benzene rings is 2. The first-order chi connectivity index (χ1) is 11.3. The highest BCUT2D eigenvalue weighted by atomic mass is 19.2. The average molecular weight is 336 g/mol. The lowest BCUT2D eigenvalue weighted by Crippen LogP contribution is -2.31. The van der Waals surface area contributed by atoms with Crippen LogP contribution in [-0.4, -0.2) is 17.9 Å². The Labute approximate surface area is 136 Å². The molecule has 0 aliphatic rings. The maximum Gasteiger partial charge on any atom is 0.255 e. The second kappa shape index (κ2) is 7.16. The van der Waals surface area contributed by atoms with Gasteiger partial charge in [-0.25, -0.2) is 13.2 Å². The minimum absolute atomic E-state index is 0.110. The van der Waals surface area contributed by atoms with Gasteiger partial charge in [-0.05, 0) is 38.1 Å². The molecular weight excluding hydrogens is 321 g/mol. The second-order valence-electron chi connectivity index (χ2n) is 5.38. The topological polar surface area (TPSA) is 58.2 Å². The third-order valence-electron chi connectivity index (χ3n) is 3.09. The van der Waals surface area contributed by atoms with E-state index < -0.39 is 34.8 Å². The molecule has 0 aliphatic carbocycles. The van der Waals surface area contributed by atoms with Crippen LogP contribution in [0.5, 0.6) is 0 Å². The van der Waals surface area contributed by atoms with Crippen LogP contribution in [0.2, 0.25) is 0 Å². The standard InChI is InChI=1S/C17H15F3N2O2/c1-9(2)21-17(24)11-5-3-4-6-14(11)22-16(23)10-7-12(18)15(20)13(19)8-10/h3-9H,1-2H3,(H,21,24)(H,22,23). The van der Waals surface area contributed by atoms with Gasteiger partial charge in [-0.3, -0.25) is 9.59 Å². The van der Waals surface area contributed by atoms with Crippen LogP contribution in [0.25, 0.3) is 0 Å². The summed E-state index contributed by atoms with van der Waals surface area (Å²) in [6.07, 6.45) is 0. The Hall–Kier alpha value is -2.83. The van der Waals surface area contributed by atoms with Crippen LogP contribution in [-0.2, 0) is 0 Å². The Balaban J connectivity index is 2.28. The van der Waals surface area contributed by atoms with E-state index in [0.29, 0.717) is 12.1 Å². The number of amides is 2. The van der Waals surface area contributed by atoms with Crippen LogP contribution in [0.1, 0.15) is 34.6 Å². The van der Waals surface area contributed by atoms with E-state index in [2.05, 4.69) is 10.6 Å². The van der Waals surface area contributed by atoms with Crippen LogP contribution < -0.4 is 10.6 Å². The van der Waals surface area contributed by atoms with Crippen molar-refractivity contribution >= 4 is 17.5 Å². The van der Waals surface area contributed by atoms with Crippen molar-refractivity contribution in [2.24, 2.45) is 0 Å². The Kier molecular flexibility index (Phi) is 5.23. The highest BCUT2D eigenvalue weighted by Crippen LogP contribution is 2.18. The fourth-order valence-corrected chi connectivity index (χ4v) is 2.01. The quantitative estimate of drug-likeness (QED) is 0.840. The Bertz CT molecular complexity index is 768. The van der Waals surface area contributed by atoms with Gasteiger partial charge < -0.3 is 10.6 Å². The molecule has 0 spiro atoms. The lowest BCUT2D eigenvalue weighted by molar-refractivity contribution is 0.0944. The number of anilines is 1. The lowest BCUT2D eigenvalue weighted by atomic mass is 10.1. The maximum atomic E-state index is 13.2. The number of hydrogen-bond donors (Lipinski definition) is 2. The second-order valence-corrected chi connectivity index (χ2v) is 5.38. The minimum Gasteiger partial charge on any atom is -0.350 e. The zero-order valence-corrected chi connectivity index (χ0v) is 13.0. The molecule has 7 heteroatoms. The fourth-order valence-electron chi connectivity index (χ4n) is 2.01. The van der Waals surface area contributed by atoms with Gasteiger partial charge in [0, 0.05) is 11.6 Å². The monoisotopic (exact) mass is 336 g/mol. The zero-order valence-electron chi connectivity index (χ0n) is 13.0. The van der Waals surface area contributed by atoms with Gasteiger partial charge in [-0.2, -0.15) is 0 Å². The molecule has 0 unspecified atom stereocenters. The first-order valence-corrected chi connectivity index (χ1v) is 7.15. The fraction of sp³-hybridized carbons (Fsp3) is 0.176. The van der Waals surface area contributed by atoms with E-state index in [4.69, 9.17) is 0 Å². The molecule has 2 amide bonds. The predicted molar refractivity (Wildman–Crippen MR) is 83.3 cm³/mol. The van der Waals surface area contributed by atoms with Crippen molar-refractivity contribution in [2.45, 2.75) is 19.9 Å². The summed E-state index contributed by atoms with van der Waals surface area (Å²) in [5, 5.41) is 5.08. The summed E-state index contributed by atoms with van der Waals surface area (Å²) >= 11 is 0. The van der Waals surface area contributed by atoms with E-state index in [1.165, 1.54) is 12.1 Å². The number of carbonyl (C=O) groups excluding carboxylic acids is 2. The third-order valence-corrected chi connectivity index (χ3v) is 3.09. The van der Waals surface area contributed by atoms with Crippen molar-refractivity contribution in [1.82, 2.24) is 5.32 Å². The van der Waals surface area contributed by atoms with Gasteiger partial charge in [0.05, 0.1) is 11.3 Å². The molecule has 0 fully saturated rings. The first-order valence-electron chi connectivity index (χ1n) is 7.15. The molecule has 0 bridgehead atoms. The van der Waals surface area contributed by atoms with Gasteiger partial charge in [0.25, 0.3) is 11.8 Å². The van der Waals surface area contributed by atoms with E-state index in [0.717, 1.165) is 0 Å². The number of hydrogen-bond acceptors (Lipinski definition) is 2. The van der Waals surface area contributed by atoms with E-state index in [-0.39, 0.29) is 17.3 Å². The van der Waals surface area contributed by atoms with Gasteiger partial charge in [-0.15, -0.1) is 0 Å². The van der Waals surface area contributed by atoms with E-state index in [9.17, 15) is 22.8 Å². The van der Waals surface area contributed by atoms with E-state index in [1.807, 2.05) is 0 Å². The molecule has 2 aromatic rings. The van der Waals surface area contributed by atoms with E-state index in [1.54, 1.807) is 26.0 Å². The van der Waals surface area contributed by atoms with Crippen molar-refractivity contribution in [3.05, 3.63) is 65.0 Å². The van der Waals surface area contributed by atoms with Gasteiger partial charge in [-0.1, -0.05) is 12.1 Å². The van der Waals surface area contributed by atoms with Gasteiger partial charge >= 0.3 is 0 Å². The number of nitrogens with one attached hydrogen (secondary N) is 2. The number of rotatable bonds is 4. The van der Waals surface area contributed by atoms with Gasteiger partial charge in [0.1, 0.15) is 0 Å². The Morgan fingerprint density at radius 2 is 1.54 bits per heavy atom. The number of para-hydroxylation sites is 1. The van der Waals surface area contributed by atoms with E-state index >= 15 is 0 Å². The molecule has 24 heavy (non-hydrogen) atoms. The highest BCUT2D eigenvalue weighted by Gasteiger charge is 2.18. The Morgan fingerprint density at radius 1 is 0.958 bits per heavy atom. The zero-order chi connectivity index (χ0) is 17.9. The predicted octanol–water partition coefficient (Wildman–Crippen LogP) is 3.49. The summed E-state index contributed by atoms with van der Waals surface area (Å²) < 4.78 is 39.4. The highest BCUT2D eigenvalue weighted by molar-refractivity contribution is 6.09. The average Bonchev–Trinajstić information content (AvgIpc) is 2.51. The summed E-state index contributed by atoms with van der Waals surface area (Å²) in [6.45, 7) is 3.56. The molecule has 0 radical (unpaired) electrons. The number of halogens is 3. The molecule has 2 rings (SSSR count). The lowest BCUT2D eigenvalue weighted by Gasteiger charge is -2.13. The molecule has 0 saturated carbocycles. The summed E-state index contributed by atoms with van der Waals surface area (Å²) in [5.41, 5.74) is -0.0288. The van der Waals surface area contributed by atoms with Crippen LogP contribution >= 0.6 is 0 Å². The summed E-state index contributed by atoms with van der Waals surface area (Å²) in [7, 11) is 0. The maximum absolute atomic E-state index is 13.2. The molecule has 0 aliphatic heterocycles. The molecule has 0 atom stereocenters. The van der Waals surface area contributed by atoms with Crippen molar-refractivity contribution in [3.8, 4) is 0 Å². The number of carbonyl (C=O) groups is 2. The molecule has 2 N–H and O–H groups in total. The summed E-state index contributed by atoms with van der Waals surface area (Å²) in [5.74, 6) is -5.85. The molecular formula is C17H15F3N2O2. The molecule has 126 valence electrons.